The Balaban J connectivity index is 2.19. The van der Waals surface area contributed by atoms with Crippen molar-refractivity contribution in [3.8, 4) is 0 Å². The maximum atomic E-state index is 13.6. The van der Waals surface area contributed by atoms with Crippen LogP contribution in [0.3, 0.4) is 0 Å². The van der Waals surface area contributed by atoms with Gasteiger partial charge in [-0.25, -0.2) is 8.78 Å². The molecule has 1 aromatic rings. The molecule has 0 aliphatic carbocycles. The molecule has 1 saturated heterocycles. The lowest BCUT2D eigenvalue weighted by Crippen LogP contribution is -2.32. The Bertz CT molecular complexity index is 365. The summed E-state index contributed by atoms with van der Waals surface area (Å²) < 4.78 is 26.7. The van der Waals surface area contributed by atoms with Gasteiger partial charge in [-0.3, -0.25) is 0 Å². The zero-order valence-electron chi connectivity index (χ0n) is 9.47. The first-order valence-electron chi connectivity index (χ1n) is 5.89. The lowest BCUT2D eigenvalue weighted by atomic mass is 9.87. The number of piperidine rings is 1. The van der Waals surface area contributed by atoms with Crippen molar-refractivity contribution < 1.29 is 8.78 Å². The fraction of sp³-hybridized carbons (Fsp3) is 0.538. The molecule has 0 amide bonds. The third kappa shape index (κ3) is 2.40. The van der Waals surface area contributed by atoms with Crippen LogP contribution in [0, 0.1) is 17.6 Å². The first kappa shape index (κ1) is 11.5. The summed E-state index contributed by atoms with van der Waals surface area (Å²) in [5, 5.41) is 3.26. The van der Waals surface area contributed by atoms with Crippen molar-refractivity contribution in [1.29, 1.82) is 0 Å². The summed E-state index contributed by atoms with van der Waals surface area (Å²) in [6.45, 7) is 3.04. The molecule has 0 spiro atoms. The van der Waals surface area contributed by atoms with Crippen molar-refractivity contribution in [2.45, 2.75) is 32.2 Å². The van der Waals surface area contributed by atoms with Gasteiger partial charge >= 0.3 is 0 Å². The summed E-state index contributed by atoms with van der Waals surface area (Å²) in [5.41, 5.74) is 0.471. The minimum Gasteiger partial charge on any atom is -0.310 e. The molecule has 2 rings (SSSR count). The second-order valence-corrected chi connectivity index (χ2v) is 4.47. The molecule has 1 aliphatic rings. The van der Waals surface area contributed by atoms with Crippen LogP contribution in [0.4, 0.5) is 8.78 Å². The van der Waals surface area contributed by atoms with Crippen molar-refractivity contribution in [1.82, 2.24) is 5.32 Å². The topological polar surface area (TPSA) is 12.0 Å². The number of rotatable bonds is 2. The van der Waals surface area contributed by atoms with Gasteiger partial charge in [0.1, 0.15) is 11.6 Å². The van der Waals surface area contributed by atoms with Gasteiger partial charge in [0.15, 0.2) is 0 Å². The third-order valence-electron chi connectivity index (χ3n) is 3.42. The maximum Gasteiger partial charge on any atom is 0.128 e. The predicted molar refractivity (Wildman–Crippen MR) is 60.1 cm³/mol. The van der Waals surface area contributed by atoms with Crippen LogP contribution in [-0.2, 0) is 0 Å². The summed E-state index contributed by atoms with van der Waals surface area (Å²) in [5.74, 6) is -0.0543. The first-order valence-corrected chi connectivity index (χ1v) is 5.89. The minimum atomic E-state index is -0.364. The molecule has 88 valence electrons. The highest BCUT2D eigenvalue weighted by molar-refractivity contribution is 5.22. The molecule has 2 atom stereocenters. The van der Waals surface area contributed by atoms with E-state index >= 15 is 0 Å². The van der Waals surface area contributed by atoms with E-state index in [-0.39, 0.29) is 17.7 Å². The molecule has 1 nitrogen and oxygen atoms in total. The number of hydrogen-bond donors (Lipinski definition) is 1. The number of hydrogen-bond acceptors (Lipinski definition) is 1. The van der Waals surface area contributed by atoms with Gasteiger partial charge in [0.25, 0.3) is 0 Å². The average Bonchev–Trinajstić information content (AvgIpc) is 2.32. The second kappa shape index (κ2) is 4.91. The SMILES string of the molecule is CCC1CCNC(c2cc(F)ccc2F)C1. The standard InChI is InChI=1S/C13H17F2N/c1-2-9-5-6-16-13(7-9)11-8-10(14)3-4-12(11)15/h3-4,8-9,13,16H,2,5-7H2,1H3. The minimum absolute atomic E-state index is 0.0330. The Kier molecular flexibility index (Phi) is 3.54. The first-order chi connectivity index (χ1) is 7.70. The Morgan fingerprint density at radius 3 is 2.94 bits per heavy atom. The highest BCUT2D eigenvalue weighted by Gasteiger charge is 2.23. The van der Waals surface area contributed by atoms with Gasteiger partial charge < -0.3 is 5.32 Å². The Hall–Kier alpha value is -0.960. The molecule has 0 radical (unpaired) electrons. The van der Waals surface area contributed by atoms with Gasteiger partial charge in [-0.15, -0.1) is 0 Å². The smallest absolute Gasteiger partial charge is 0.128 e. The molecular formula is C13H17F2N. The van der Waals surface area contributed by atoms with Crippen LogP contribution in [0.1, 0.15) is 37.8 Å². The monoisotopic (exact) mass is 225 g/mol. The van der Waals surface area contributed by atoms with E-state index in [0.29, 0.717) is 11.5 Å². The molecule has 3 heteroatoms. The van der Waals surface area contributed by atoms with Crippen LogP contribution in [-0.4, -0.2) is 6.54 Å². The van der Waals surface area contributed by atoms with Gasteiger partial charge in [0.2, 0.25) is 0 Å². The molecule has 2 unspecified atom stereocenters. The van der Waals surface area contributed by atoms with E-state index in [9.17, 15) is 8.78 Å². The second-order valence-electron chi connectivity index (χ2n) is 4.47. The van der Waals surface area contributed by atoms with Crippen LogP contribution < -0.4 is 5.32 Å². The largest absolute Gasteiger partial charge is 0.310 e. The molecule has 0 saturated carbocycles. The fourth-order valence-electron chi connectivity index (χ4n) is 2.39. The molecule has 1 aliphatic heterocycles. The van der Waals surface area contributed by atoms with Crippen LogP contribution >= 0.6 is 0 Å². The molecule has 1 fully saturated rings. The van der Waals surface area contributed by atoms with Gasteiger partial charge in [0, 0.05) is 11.6 Å². The van der Waals surface area contributed by atoms with Gasteiger partial charge in [-0.05, 0) is 43.5 Å². The van der Waals surface area contributed by atoms with Crippen molar-refractivity contribution >= 4 is 0 Å². The van der Waals surface area contributed by atoms with E-state index in [0.717, 1.165) is 25.8 Å². The van der Waals surface area contributed by atoms with E-state index in [1.807, 2.05) is 0 Å². The van der Waals surface area contributed by atoms with Gasteiger partial charge in [-0.2, -0.15) is 0 Å². The number of nitrogens with one attached hydrogen (secondary N) is 1. The zero-order valence-corrected chi connectivity index (χ0v) is 9.47. The van der Waals surface area contributed by atoms with E-state index in [1.165, 1.54) is 18.2 Å². The van der Waals surface area contributed by atoms with E-state index < -0.39 is 0 Å². The number of benzene rings is 1. The molecule has 1 heterocycles. The molecule has 1 aromatic carbocycles. The quantitative estimate of drug-likeness (QED) is 0.813. The highest BCUT2D eigenvalue weighted by atomic mass is 19.1. The van der Waals surface area contributed by atoms with Crippen LogP contribution in [0.25, 0.3) is 0 Å². The maximum absolute atomic E-state index is 13.6. The van der Waals surface area contributed by atoms with Crippen molar-refractivity contribution in [2.75, 3.05) is 6.54 Å². The van der Waals surface area contributed by atoms with Gasteiger partial charge in [-0.1, -0.05) is 13.3 Å². The van der Waals surface area contributed by atoms with Crippen LogP contribution in [0.2, 0.25) is 0 Å². The molecular weight excluding hydrogens is 208 g/mol. The van der Waals surface area contributed by atoms with E-state index in [1.54, 1.807) is 0 Å². The molecule has 1 N–H and O–H groups in total. The predicted octanol–water partition coefficient (Wildman–Crippen LogP) is 3.42. The number of halogens is 2. The Morgan fingerprint density at radius 2 is 2.19 bits per heavy atom. The normalized spacial score (nSPS) is 25.7. The Labute approximate surface area is 94.9 Å². The van der Waals surface area contributed by atoms with E-state index in [4.69, 9.17) is 0 Å². The van der Waals surface area contributed by atoms with Gasteiger partial charge in [0.05, 0.1) is 0 Å². The zero-order chi connectivity index (χ0) is 11.5. The molecule has 16 heavy (non-hydrogen) atoms. The Morgan fingerprint density at radius 1 is 1.38 bits per heavy atom. The summed E-state index contributed by atoms with van der Waals surface area (Å²) in [6, 6.07) is 3.65. The highest BCUT2D eigenvalue weighted by Crippen LogP contribution is 2.30. The summed E-state index contributed by atoms with van der Waals surface area (Å²) in [7, 11) is 0. The van der Waals surface area contributed by atoms with Crippen LogP contribution in [0.15, 0.2) is 18.2 Å². The van der Waals surface area contributed by atoms with Crippen molar-refractivity contribution in [2.24, 2.45) is 5.92 Å². The summed E-state index contributed by atoms with van der Waals surface area (Å²) >= 11 is 0. The molecule has 0 bridgehead atoms. The lowest BCUT2D eigenvalue weighted by Gasteiger charge is -2.30. The van der Waals surface area contributed by atoms with Crippen molar-refractivity contribution in [3.63, 3.8) is 0 Å². The lowest BCUT2D eigenvalue weighted by molar-refractivity contribution is 0.293. The third-order valence-corrected chi connectivity index (χ3v) is 3.42. The van der Waals surface area contributed by atoms with E-state index in [2.05, 4.69) is 12.2 Å². The molecule has 0 aromatic heterocycles. The fourth-order valence-corrected chi connectivity index (χ4v) is 2.39. The van der Waals surface area contributed by atoms with Crippen molar-refractivity contribution in [3.05, 3.63) is 35.4 Å². The summed E-state index contributed by atoms with van der Waals surface area (Å²) in [4.78, 5) is 0. The average molecular weight is 225 g/mol. The summed E-state index contributed by atoms with van der Waals surface area (Å²) in [6.07, 6.45) is 3.13. The van der Waals surface area contributed by atoms with Crippen LogP contribution in [0.5, 0.6) is 0 Å².